The molecule has 0 spiro atoms. The Morgan fingerprint density at radius 2 is 1.62 bits per heavy atom. The topological polar surface area (TPSA) is 18.5 Å². The molecule has 2 nitrogen and oxygen atoms in total. The maximum Gasteiger partial charge on any atom is 0.133 e. The van der Waals surface area contributed by atoms with Crippen molar-refractivity contribution in [2.45, 2.75) is 4.83 Å². The van der Waals surface area contributed by atoms with Gasteiger partial charge in [0.15, 0.2) is 0 Å². The molecular weight excluding hydrogens is 471 g/mol. The van der Waals surface area contributed by atoms with E-state index in [-0.39, 0.29) is 10.6 Å². The normalized spacial score (nSPS) is 12.1. The first-order valence-electron chi connectivity index (χ1n) is 5.97. The molecule has 0 saturated heterocycles. The summed E-state index contributed by atoms with van der Waals surface area (Å²) in [5, 5.41) is 0. The summed E-state index contributed by atoms with van der Waals surface area (Å²) in [6, 6.07) is 8.45. The summed E-state index contributed by atoms with van der Waals surface area (Å²) in [6.07, 6.45) is 0. The minimum Gasteiger partial charge on any atom is -0.496 e. The molecule has 0 radical (unpaired) electrons. The standard InChI is InChI=1S/C15H12Br3FO2/c1-20-13-7-12(17)14(21-2)6-11(13)15(18)8-3-9(16)5-10(19)4-8/h3-7,15H,1-2H3. The zero-order valence-electron chi connectivity index (χ0n) is 11.3. The number of methoxy groups -OCH3 is 2. The van der Waals surface area contributed by atoms with Gasteiger partial charge in [-0.25, -0.2) is 4.39 Å². The molecule has 2 aromatic rings. The zero-order valence-corrected chi connectivity index (χ0v) is 16.1. The Morgan fingerprint density at radius 1 is 0.952 bits per heavy atom. The van der Waals surface area contributed by atoms with Crippen LogP contribution in [0.3, 0.4) is 0 Å². The summed E-state index contributed by atoms with van der Waals surface area (Å²) in [5.41, 5.74) is 1.64. The van der Waals surface area contributed by atoms with E-state index in [1.54, 1.807) is 14.2 Å². The lowest BCUT2D eigenvalue weighted by Crippen LogP contribution is -1.99. The van der Waals surface area contributed by atoms with Gasteiger partial charge in [-0.05, 0) is 51.8 Å². The van der Waals surface area contributed by atoms with Crippen LogP contribution < -0.4 is 9.47 Å². The summed E-state index contributed by atoms with van der Waals surface area (Å²) in [4.78, 5) is -0.221. The fourth-order valence-corrected chi connectivity index (χ4v) is 3.57. The lowest BCUT2D eigenvalue weighted by Gasteiger charge is -2.17. The van der Waals surface area contributed by atoms with E-state index in [1.807, 2.05) is 18.2 Å². The molecule has 0 N–H and O–H groups in total. The van der Waals surface area contributed by atoms with Crippen molar-refractivity contribution in [3.8, 4) is 11.5 Å². The van der Waals surface area contributed by atoms with Crippen molar-refractivity contribution >= 4 is 47.8 Å². The maximum atomic E-state index is 13.6. The van der Waals surface area contributed by atoms with Crippen LogP contribution in [-0.2, 0) is 0 Å². The highest BCUT2D eigenvalue weighted by Gasteiger charge is 2.19. The van der Waals surface area contributed by atoms with Gasteiger partial charge in [-0.1, -0.05) is 31.9 Å². The average molecular weight is 483 g/mol. The highest BCUT2D eigenvalue weighted by molar-refractivity contribution is 9.11. The van der Waals surface area contributed by atoms with Gasteiger partial charge in [-0.15, -0.1) is 0 Å². The monoisotopic (exact) mass is 480 g/mol. The lowest BCUT2D eigenvalue weighted by atomic mass is 10.0. The summed E-state index contributed by atoms with van der Waals surface area (Å²) in [7, 11) is 3.19. The van der Waals surface area contributed by atoms with E-state index in [2.05, 4.69) is 47.8 Å². The first-order chi connectivity index (χ1) is 9.96. The molecule has 0 bridgehead atoms. The van der Waals surface area contributed by atoms with Crippen LogP contribution in [0.25, 0.3) is 0 Å². The SMILES string of the molecule is COc1cc(C(Br)c2cc(F)cc(Br)c2)c(OC)cc1Br. The predicted octanol–water partition coefficient (Wildman–Crippen LogP) is 5.85. The van der Waals surface area contributed by atoms with E-state index in [0.29, 0.717) is 16.0 Å². The molecule has 0 aliphatic heterocycles. The van der Waals surface area contributed by atoms with Crippen LogP contribution in [0.2, 0.25) is 0 Å². The molecule has 1 atom stereocenters. The molecule has 6 heteroatoms. The summed E-state index contributed by atoms with van der Waals surface area (Å²) >= 11 is 10.3. The molecule has 2 rings (SSSR count). The van der Waals surface area contributed by atoms with Gasteiger partial charge < -0.3 is 9.47 Å². The summed E-state index contributed by atoms with van der Waals surface area (Å²) in [6.45, 7) is 0. The van der Waals surface area contributed by atoms with Crippen LogP contribution in [0.15, 0.2) is 39.3 Å². The fraction of sp³-hybridized carbons (Fsp3) is 0.200. The van der Waals surface area contributed by atoms with Gasteiger partial charge in [0.25, 0.3) is 0 Å². The van der Waals surface area contributed by atoms with Crippen LogP contribution in [-0.4, -0.2) is 14.2 Å². The van der Waals surface area contributed by atoms with E-state index in [9.17, 15) is 4.39 Å². The Balaban J connectivity index is 2.53. The van der Waals surface area contributed by atoms with Crippen LogP contribution in [0.5, 0.6) is 11.5 Å². The first-order valence-corrected chi connectivity index (χ1v) is 8.48. The largest absolute Gasteiger partial charge is 0.496 e. The Bertz CT molecular complexity index is 641. The second kappa shape index (κ2) is 7.11. The molecule has 0 heterocycles. The first kappa shape index (κ1) is 16.8. The van der Waals surface area contributed by atoms with Crippen molar-refractivity contribution in [2.75, 3.05) is 14.2 Å². The Labute approximate surface area is 148 Å². The molecule has 0 saturated carbocycles. The van der Waals surface area contributed by atoms with Crippen LogP contribution >= 0.6 is 47.8 Å². The molecular formula is C15H12Br3FO2. The molecule has 2 aromatic carbocycles. The predicted molar refractivity (Wildman–Crippen MR) is 92.1 cm³/mol. The number of benzene rings is 2. The van der Waals surface area contributed by atoms with Gasteiger partial charge in [-0.2, -0.15) is 0 Å². The van der Waals surface area contributed by atoms with Gasteiger partial charge >= 0.3 is 0 Å². The Kier molecular flexibility index (Phi) is 5.68. The van der Waals surface area contributed by atoms with Gasteiger partial charge in [0, 0.05) is 10.0 Å². The van der Waals surface area contributed by atoms with Gasteiger partial charge in [-0.3, -0.25) is 0 Å². The smallest absolute Gasteiger partial charge is 0.133 e. The molecule has 0 aliphatic carbocycles. The number of hydrogen-bond donors (Lipinski definition) is 0. The third-order valence-electron chi connectivity index (χ3n) is 2.95. The molecule has 1 unspecified atom stereocenters. The molecule has 21 heavy (non-hydrogen) atoms. The number of alkyl halides is 1. The Morgan fingerprint density at radius 3 is 2.19 bits per heavy atom. The fourth-order valence-electron chi connectivity index (χ4n) is 1.98. The van der Waals surface area contributed by atoms with Crippen LogP contribution in [0.1, 0.15) is 16.0 Å². The molecule has 112 valence electrons. The van der Waals surface area contributed by atoms with E-state index < -0.39 is 0 Å². The van der Waals surface area contributed by atoms with Crippen molar-refractivity contribution in [3.05, 3.63) is 56.2 Å². The van der Waals surface area contributed by atoms with Crippen LogP contribution in [0.4, 0.5) is 4.39 Å². The van der Waals surface area contributed by atoms with Gasteiger partial charge in [0.1, 0.15) is 17.3 Å². The number of hydrogen-bond acceptors (Lipinski definition) is 2. The zero-order chi connectivity index (χ0) is 15.6. The maximum absolute atomic E-state index is 13.6. The summed E-state index contributed by atoms with van der Waals surface area (Å²) < 4.78 is 25.8. The Hall–Kier alpha value is -0.590. The van der Waals surface area contributed by atoms with E-state index in [0.717, 1.165) is 15.6 Å². The lowest BCUT2D eigenvalue weighted by molar-refractivity contribution is 0.397. The highest BCUT2D eigenvalue weighted by atomic mass is 79.9. The highest BCUT2D eigenvalue weighted by Crippen LogP contribution is 2.42. The van der Waals surface area contributed by atoms with E-state index in [4.69, 9.17) is 9.47 Å². The second-order valence-electron chi connectivity index (χ2n) is 4.29. The van der Waals surface area contributed by atoms with Crippen molar-refractivity contribution in [2.24, 2.45) is 0 Å². The second-order valence-corrected chi connectivity index (χ2v) is 6.98. The quantitative estimate of drug-likeness (QED) is 0.509. The number of ether oxygens (including phenoxy) is 2. The number of rotatable bonds is 4. The number of halogens is 4. The van der Waals surface area contributed by atoms with Crippen molar-refractivity contribution in [1.82, 2.24) is 0 Å². The minimum atomic E-state index is -0.299. The third kappa shape index (κ3) is 3.79. The van der Waals surface area contributed by atoms with E-state index in [1.165, 1.54) is 12.1 Å². The van der Waals surface area contributed by atoms with Crippen molar-refractivity contribution < 1.29 is 13.9 Å². The van der Waals surface area contributed by atoms with Crippen molar-refractivity contribution in [3.63, 3.8) is 0 Å². The molecule has 0 aromatic heterocycles. The average Bonchev–Trinajstić information content (AvgIpc) is 2.45. The molecule has 0 amide bonds. The molecule has 0 fully saturated rings. The third-order valence-corrected chi connectivity index (χ3v) is 5.05. The molecule has 0 aliphatic rings. The summed E-state index contributed by atoms with van der Waals surface area (Å²) in [5.74, 6) is 1.07. The van der Waals surface area contributed by atoms with E-state index >= 15 is 0 Å². The van der Waals surface area contributed by atoms with Gasteiger partial charge in [0.05, 0.1) is 23.5 Å². The van der Waals surface area contributed by atoms with Crippen molar-refractivity contribution in [1.29, 1.82) is 0 Å². The van der Waals surface area contributed by atoms with Gasteiger partial charge in [0.2, 0.25) is 0 Å². The minimum absolute atomic E-state index is 0.221. The van der Waals surface area contributed by atoms with Crippen LogP contribution in [0, 0.1) is 5.82 Å².